The van der Waals surface area contributed by atoms with Crippen LogP contribution >= 0.6 is 0 Å². The molecule has 2 aliphatic rings. The molecular weight excluding hydrogens is 320 g/mol. The summed E-state index contributed by atoms with van der Waals surface area (Å²) < 4.78 is 0. The predicted octanol–water partition coefficient (Wildman–Crippen LogP) is 1.99. The highest BCUT2D eigenvalue weighted by Gasteiger charge is 2.30. The highest BCUT2D eigenvalue weighted by molar-refractivity contribution is 5.78. The number of aryl methyl sites for hydroxylation is 1. The van der Waals surface area contributed by atoms with Crippen LogP contribution in [-0.4, -0.2) is 47.6 Å². The average molecular weight is 340 g/mol. The Hall–Kier alpha value is -2.90. The van der Waals surface area contributed by atoms with E-state index < -0.39 is 0 Å². The summed E-state index contributed by atoms with van der Waals surface area (Å²) in [5.41, 5.74) is 3.08. The molecule has 0 unspecified atom stereocenters. The lowest BCUT2D eigenvalue weighted by Gasteiger charge is -2.37. The fourth-order valence-electron chi connectivity index (χ4n) is 3.64. The Kier molecular flexibility index (Phi) is 3.87. The van der Waals surface area contributed by atoms with E-state index in [2.05, 4.69) is 25.1 Å². The lowest BCUT2D eigenvalue weighted by atomic mass is 10.1. The summed E-state index contributed by atoms with van der Waals surface area (Å²) in [6, 6.07) is 5.35. The number of hydrogen-bond acceptors (Lipinski definition) is 7. The van der Waals surface area contributed by atoms with E-state index in [1.807, 2.05) is 19.1 Å². The molecule has 1 aromatic heterocycles. The van der Waals surface area contributed by atoms with E-state index in [0.29, 0.717) is 0 Å². The molecule has 1 saturated heterocycles. The molecule has 8 nitrogen and oxygen atoms in total. The normalized spacial score (nSPS) is 16.5. The molecule has 4 rings (SSSR count). The van der Waals surface area contributed by atoms with Gasteiger partial charge >= 0.3 is 0 Å². The maximum Gasteiger partial charge on any atom is 0.292 e. The van der Waals surface area contributed by atoms with E-state index in [9.17, 15) is 10.1 Å². The second kappa shape index (κ2) is 6.19. The smallest absolute Gasteiger partial charge is 0.292 e. The Balaban J connectivity index is 1.59. The van der Waals surface area contributed by atoms with Crippen molar-refractivity contribution in [3.05, 3.63) is 45.9 Å². The van der Waals surface area contributed by atoms with Crippen LogP contribution in [-0.2, 0) is 6.42 Å². The molecule has 0 aliphatic carbocycles. The Labute approximate surface area is 145 Å². The zero-order chi connectivity index (χ0) is 17.4. The molecular formula is C17H20N6O2. The predicted molar refractivity (Wildman–Crippen MR) is 96.5 cm³/mol. The van der Waals surface area contributed by atoms with Crippen molar-refractivity contribution >= 4 is 22.9 Å². The first-order chi connectivity index (χ1) is 12.1. The number of aromatic nitrogens is 2. The maximum absolute atomic E-state index is 11.5. The number of nitrogens with one attached hydrogen (secondary N) is 1. The van der Waals surface area contributed by atoms with Crippen molar-refractivity contribution in [3.8, 4) is 0 Å². The molecule has 0 amide bonds. The van der Waals surface area contributed by atoms with Crippen LogP contribution in [0.1, 0.15) is 11.4 Å². The van der Waals surface area contributed by atoms with Crippen LogP contribution < -0.4 is 15.1 Å². The first kappa shape index (κ1) is 15.6. The number of benzene rings is 1. The van der Waals surface area contributed by atoms with Crippen molar-refractivity contribution in [3.63, 3.8) is 0 Å². The summed E-state index contributed by atoms with van der Waals surface area (Å²) in [7, 11) is 0. The van der Waals surface area contributed by atoms with Gasteiger partial charge in [-0.15, -0.1) is 0 Å². The minimum Gasteiger partial charge on any atom is -0.384 e. The zero-order valence-electron chi connectivity index (χ0n) is 14.1. The fraction of sp³-hybridized carbons (Fsp3) is 0.412. The molecule has 1 aromatic carbocycles. The van der Waals surface area contributed by atoms with Gasteiger partial charge in [0.25, 0.3) is 5.69 Å². The van der Waals surface area contributed by atoms with Crippen molar-refractivity contribution in [2.45, 2.75) is 13.3 Å². The first-order valence-corrected chi connectivity index (χ1v) is 8.47. The van der Waals surface area contributed by atoms with E-state index >= 15 is 0 Å². The van der Waals surface area contributed by atoms with Crippen LogP contribution in [0.3, 0.4) is 0 Å². The number of anilines is 3. The average Bonchev–Trinajstić information content (AvgIpc) is 3.09. The number of fused-ring (bicyclic) bond motifs is 1. The van der Waals surface area contributed by atoms with E-state index in [0.717, 1.165) is 67.7 Å². The van der Waals surface area contributed by atoms with Crippen molar-refractivity contribution in [1.29, 1.82) is 0 Å². The van der Waals surface area contributed by atoms with Gasteiger partial charge < -0.3 is 15.1 Å². The highest BCUT2D eigenvalue weighted by atomic mass is 16.6. The van der Waals surface area contributed by atoms with Gasteiger partial charge in [-0.25, -0.2) is 9.97 Å². The number of rotatable bonds is 3. The molecule has 25 heavy (non-hydrogen) atoms. The van der Waals surface area contributed by atoms with Gasteiger partial charge in [-0.1, -0.05) is 0 Å². The van der Waals surface area contributed by atoms with Crippen molar-refractivity contribution in [1.82, 2.24) is 9.97 Å². The molecule has 0 spiro atoms. The van der Waals surface area contributed by atoms with Crippen molar-refractivity contribution in [2.24, 2.45) is 0 Å². The molecule has 8 heteroatoms. The van der Waals surface area contributed by atoms with Gasteiger partial charge in [-0.2, -0.15) is 0 Å². The summed E-state index contributed by atoms with van der Waals surface area (Å²) >= 11 is 0. The molecule has 2 aromatic rings. The summed E-state index contributed by atoms with van der Waals surface area (Å²) in [5.74, 6) is 1.67. The third-order valence-electron chi connectivity index (χ3n) is 4.83. The Morgan fingerprint density at radius 3 is 2.64 bits per heavy atom. The van der Waals surface area contributed by atoms with Gasteiger partial charge in [0.05, 0.1) is 4.92 Å². The molecule has 0 radical (unpaired) electrons. The lowest BCUT2D eigenvalue weighted by Crippen LogP contribution is -2.47. The summed E-state index contributed by atoms with van der Waals surface area (Å²) in [6.45, 7) is 5.75. The van der Waals surface area contributed by atoms with Crippen LogP contribution in [0.15, 0.2) is 24.4 Å². The number of hydrogen-bond donors (Lipinski definition) is 1. The maximum atomic E-state index is 11.5. The third kappa shape index (κ3) is 2.84. The number of nitro benzene ring substituents is 1. The van der Waals surface area contributed by atoms with Gasteiger partial charge in [0.1, 0.15) is 17.3 Å². The van der Waals surface area contributed by atoms with Gasteiger partial charge in [-0.3, -0.25) is 10.1 Å². The van der Waals surface area contributed by atoms with E-state index in [4.69, 9.17) is 0 Å². The van der Waals surface area contributed by atoms with E-state index in [1.54, 1.807) is 12.3 Å². The van der Waals surface area contributed by atoms with Crippen molar-refractivity contribution < 1.29 is 4.92 Å². The summed E-state index contributed by atoms with van der Waals surface area (Å²) in [4.78, 5) is 24.2. The molecule has 130 valence electrons. The number of nitrogens with zero attached hydrogens (tertiary/aromatic N) is 5. The van der Waals surface area contributed by atoms with Gasteiger partial charge in [0.15, 0.2) is 0 Å². The van der Waals surface area contributed by atoms with Gasteiger partial charge in [0.2, 0.25) is 0 Å². The first-order valence-electron chi connectivity index (χ1n) is 8.47. The van der Waals surface area contributed by atoms with E-state index in [-0.39, 0.29) is 10.6 Å². The van der Waals surface area contributed by atoms with Crippen LogP contribution in [0.2, 0.25) is 0 Å². The summed E-state index contributed by atoms with van der Waals surface area (Å²) in [6.07, 6.45) is 2.60. The standard InChI is InChI=1S/C17H20N6O2/c1-12-18-7-5-16(20-12)21-8-10-22(11-9-21)17-13-4-6-19-14(13)2-3-15(17)23(24)25/h2-3,5,7,19H,4,6,8-11H2,1H3. The Morgan fingerprint density at radius 1 is 1.16 bits per heavy atom. The van der Waals surface area contributed by atoms with Gasteiger partial charge in [0, 0.05) is 56.2 Å². The molecule has 0 saturated carbocycles. The second-order valence-corrected chi connectivity index (χ2v) is 6.33. The highest BCUT2D eigenvalue weighted by Crippen LogP contribution is 2.39. The Morgan fingerprint density at radius 2 is 1.92 bits per heavy atom. The zero-order valence-corrected chi connectivity index (χ0v) is 14.1. The quantitative estimate of drug-likeness (QED) is 0.675. The van der Waals surface area contributed by atoms with Crippen LogP contribution in [0.25, 0.3) is 0 Å². The minimum atomic E-state index is -0.270. The molecule has 1 fully saturated rings. The number of nitro groups is 1. The minimum absolute atomic E-state index is 0.203. The fourth-order valence-corrected chi connectivity index (χ4v) is 3.64. The van der Waals surface area contributed by atoms with Crippen LogP contribution in [0, 0.1) is 17.0 Å². The molecule has 1 N–H and O–H groups in total. The number of piperazine rings is 1. The largest absolute Gasteiger partial charge is 0.384 e. The van der Waals surface area contributed by atoms with Crippen LogP contribution in [0.5, 0.6) is 0 Å². The molecule has 0 atom stereocenters. The summed E-state index contributed by atoms with van der Waals surface area (Å²) in [5, 5.41) is 14.8. The Bertz CT molecular complexity index is 817. The van der Waals surface area contributed by atoms with Crippen molar-refractivity contribution in [2.75, 3.05) is 47.8 Å². The molecule has 0 bridgehead atoms. The van der Waals surface area contributed by atoms with E-state index in [1.165, 1.54) is 0 Å². The monoisotopic (exact) mass is 340 g/mol. The van der Waals surface area contributed by atoms with Gasteiger partial charge in [-0.05, 0) is 25.5 Å². The lowest BCUT2D eigenvalue weighted by molar-refractivity contribution is -0.384. The third-order valence-corrected chi connectivity index (χ3v) is 4.83. The topological polar surface area (TPSA) is 87.4 Å². The SMILES string of the molecule is Cc1nccc(N2CCN(c3c([N+](=O)[O-])ccc4c3CCN4)CC2)n1. The molecule has 3 heterocycles. The molecule has 2 aliphatic heterocycles. The second-order valence-electron chi connectivity index (χ2n) is 6.33. The van der Waals surface area contributed by atoms with Crippen LogP contribution in [0.4, 0.5) is 22.9 Å².